The van der Waals surface area contributed by atoms with Gasteiger partial charge in [0.25, 0.3) is 11.7 Å². The van der Waals surface area contributed by atoms with Gasteiger partial charge in [-0.05, 0) is 26.7 Å². The zero-order chi connectivity index (χ0) is 14.7. The van der Waals surface area contributed by atoms with Gasteiger partial charge >= 0.3 is 0 Å². The maximum absolute atomic E-state index is 12.3. The topological polar surface area (TPSA) is 64.0 Å². The summed E-state index contributed by atoms with van der Waals surface area (Å²) in [6.07, 6.45) is 6.66. The highest BCUT2D eigenvalue weighted by atomic mass is 16.2. The van der Waals surface area contributed by atoms with Gasteiger partial charge in [0.05, 0.1) is 11.3 Å². The van der Waals surface area contributed by atoms with Gasteiger partial charge in [-0.1, -0.05) is 25.7 Å². The first kappa shape index (κ1) is 14.8. The molecule has 0 bridgehead atoms. The molecule has 5 nitrogen and oxygen atoms in total. The number of ketones is 1. The third-order valence-electron chi connectivity index (χ3n) is 4.13. The van der Waals surface area contributed by atoms with Crippen molar-refractivity contribution in [2.24, 2.45) is 7.05 Å². The summed E-state index contributed by atoms with van der Waals surface area (Å²) in [5, 5.41) is 7.09. The van der Waals surface area contributed by atoms with Gasteiger partial charge < -0.3 is 5.32 Å². The van der Waals surface area contributed by atoms with Gasteiger partial charge in [0.1, 0.15) is 0 Å². The molecule has 110 valence electrons. The van der Waals surface area contributed by atoms with E-state index >= 15 is 0 Å². The molecule has 0 radical (unpaired) electrons. The molecule has 20 heavy (non-hydrogen) atoms. The van der Waals surface area contributed by atoms with Gasteiger partial charge in [-0.25, -0.2) is 0 Å². The average Bonchev–Trinajstić information content (AvgIpc) is 2.62. The van der Waals surface area contributed by atoms with Crippen molar-refractivity contribution in [3.8, 4) is 0 Å². The van der Waals surface area contributed by atoms with Crippen LogP contribution < -0.4 is 5.32 Å². The second kappa shape index (κ2) is 6.20. The predicted molar refractivity (Wildman–Crippen MR) is 76.6 cm³/mol. The molecule has 1 saturated carbocycles. The molecule has 1 heterocycles. The summed E-state index contributed by atoms with van der Waals surface area (Å²) in [4.78, 5) is 24.4. The Balaban J connectivity index is 2.06. The Labute approximate surface area is 119 Å². The molecule has 2 rings (SSSR count). The summed E-state index contributed by atoms with van der Waals surface area (Å²) >= 11 is 0. The van der Waals surface area contributed by atoms with Gasteiger partial charge in [-0.3, -0.25) is 14.3 Å². The van der Waals surface area contributed by atoms with Crippen LogP contribution in [0, 0.1) is 13.8 Å². The third-order valence-corrected chi connectivity index (χ3v) is 4.13. The van der Waals surface area contributed by atoms with Gasteiger partial charge in [-0.15, -0.1) is 0 Å². The van der Waals surface area contributed by atoms with Crippen molar-refractivity contribution in [3.05, 3.63) is 17.0 Å². The molecule has 0 aliphatic heterocycles. The minimum atomic E-state index is -0.490. The Hall–Kier alpha value is -1.65. The Morgan fingerprint density at radius 1 is 1.15 bits per heavy atom. The van der Waals surface area contributed by atoms with Crippen LogP contribution in [0.15, 0.2) is 0 Å². The van der Waals surface area contributed by atoms with E-state index < -0.39 is 11.7 Å². The molecule has 1 aromatic rings. The summed E-state index contributed by atoms with van der Waals surface area (Å²) in [6, 6.07) is 0.145. The van der Waals surface area contributed by atoms with Crippen LogP contribution in [-0.4, -0.2) is 27.5 Å². The number of rotatable bonds is 3. The molecule has 5 heteroatoms. The van der Waals surface area contributed by atoms with Crippen molar-refractivity contribution < 1.29 is 9.59 Å². The van der Waals surface area contributed by atoms with Crippen LogP contribution in [0.1, 0.15) is 60.3 Å². The first-order valence-corrected chi connectivity index (χ1v) is 7.36. The Kier molecular flexibility index (Phi) is 4.57. The van der Waals surface area contributed by atoms with Crippen LogP contribution in [0.25, 0.3) is 0 Å². The van der Waals surface area contributed by atoms with Crippen molar-refractivity contribution in [1.82, 2.24) is 15.1 Å². The highest BCUT2D eigenvalue weighted by Crippen LogP contribution is 2.18. The van der Waals surface area contributed by atoms with Gasteiger partial charge in [0.15, 0.2) is 0 Å². The van der Waals surface area contributed by atoms with E-state index in [1.165, 1.54) is 12.8 Å². The number of carbonyl (C=O) groups excluding carboxylic acids is 2. The largest absolute Gasteiger partial charge is 0.346 e. The van der Waals surface area contributed by atoms with E-state index in [1.54, 1.807) is 18.7 Å². The lowest BCUT2D eigenvalue weighted by molar-refractivity contribution is -0.117. The van der Waals surface area contributed by atoms with Crippen molar-refractivity contribution in [2.45, 2.75) is 58.4 Å². The standard InChI is InChI=1S/C15H23N3O2/c1-10-13(11(2)18(3)17-10)14(19)15(20)16-12-8-6-4-5-7-9-12/h12H,4-9H2,1-3H3,(H,16,20). The number of hydrogen-bond donors (Lipinski definition) is 1. The lowest BCUT2D eigenvalue weighted by Gasteiger charge is -2.15. The molecule has 1 fully saturated rings. The number of aromatic nitrogens is 2. The van der Waals surface area contributed by atoms with Crippen LogP contribution in [0.4, 0.5) is 0 Å². The molecule has 0 atom stereocenters. The Bertz CT molecular complexity index is 511. The summed E-state index contributed by atoms with van der Waals surface area (Å²) < 4.78 is 1.64. The van der Waals surface area contributed by atoms with Gasteiger partial charge in [0, 0.05) is 18.8 Å². The SMILES string of the molecule is Cc1nn(C)c(C)c1C(=O)C(=O)NC1CCCCCC1. The van der Waals surface area contributed by atoms with Crippen molar-refractivity contribution >= 4 is 11.7 Å². The second-order valence-electron chi connectivity index (χ2n) is 5.66. The molecule has 1 aliphatic rings. The monoisotopic (exact) mass is 277 g/mol. The molecule has 0 unspecified atom stereocenters. The fraction of sp³-hybridized carbons (Fsp3) is 0.667. The number of aryl methyl sites for hydroxylation is 2. The van der Waals surface area contributed by atoms with Gasteiger partial charge in [0.2, 0.25) is 0 Å². The number of Topliss-reactive ketones (excluding diaryl/α,β-unsaturated/α-hetero) is 1. The van der Waals surface area contributed by atoms with E-state index in [4.69, 9.17) is 0 Å². The lowest BCUT2D eigenvalue weighted by Crippen LogP contribution is -2.39. The first-order chi connectivity index (χ1) is 9.50. The zero-order valence-corrected chi connectivity index (χ0v) is 12.5. The molecule has 1 aliphatic carbocycles. The first-order valence-electron chi connectivity index (χ1n) is 7.36. The molecule has 0 aromatic carbocycles. The van der Waals surface area contributed by atoms with Crippen molar-refractivity contribution in [1.29, 1.82) is 0 Å². The van der Waals surface area contributed by atoms with Crippen LogP contribution in [-0.2, 0) is 11.8 Å². The second-order valence-corrected chi connectivity index (χ2v) is 5.66. The molecule has 0 spiro atoms. The number of nitrogens with one attached hydrogen (secondary N) is 1. The summed E-state index contributed by atoms with van der Waals surface area (Å²) in [5.41, 5.74) is 1.80. The predicted octanol–water partition coefficient (Wildman–Crippen LogP) is 2.06. The van der Waals surface area contributed by atoms with Gasteiger partial charge in [-0.2, -0.15) is 5.10 Å². The zero-order valence-electron chi connectivity index (χ0n) is 12.5. The highest BCUT2D eigenvalue weighted by molar-refractivity contribution is 6.43. The average molecular weight is 277 g/mol. The van der Waals surface area contributed by atoms with E-state index in [1.807, 2.05) is 6.92 Å². The van der Waals surface area contributed by atoms with Crippen LogP contribution >= 0.6 is 0 Å². The number of carbonyl (C=O) groups is 2. The van der Waals surface area contributed by atoms with E-state index in [-0.39, 0.29) is 6.04 Å². The normalized spacial score (nSPS) is 16.8. The fourth-order valence-electron chi connectivity index (χ4n) is 2.89. The number of nitrogens with zero attached hydrogens (tertiary/aromatic N) is 2. The third kappa shape index (κ3) is 3.08. The van der Waals surface area contributed by atoms with E-state index in [0.717, 1.165) is 31.4 Å². The van der Waals surface area contributed by atoms with E-state index in [0.29, 0.717) is 11.3 Å². The quantitative estimate of drug-likeness (QED) is 0.522. The smallest absolute Gasteiger partial charge is 0.292 e. The summed E-state index contributed by atoms with van der Waals surface area (Å²) in [7, 11) is 1.78. The fourth-order valence-corrected chi connectivity index (χ4v) is 2.89. The molecular weight excluding hydrogens is 254 g/mol. The van der Waals surface area contributed by atoms with Crippen LogP contribution in [0.5, 0.6) is 0 Å². The Morgan fingerprint density at radius 3 is 2.25 bits per heavy atom. The molecule has 1 amide bonds. The maximum Gasteiger partial charge on any atom is 0.292 e. The summed E-state index contributed by atoms with van der Waals surface area (Å²) in [5.74, 6) is -0.951. The van der Waals surface area contributed by atoms with Crippen LogP contribution in [0.3, 0.4) is 0 Å². The van der Waals surface area contributed by atoms with E-state index in [2.05, 4.69) is 10.4 Å². The van der Waals surface area contributed by atoms with E-state index in [9.17, 15) is 9.59 Å². The molecule has 0 saturated heterocycles. The lowest BCUT2D eigenvalue weighted by atomic mass is 10.1. The molecular formula is C15H23N3O2. The Morgan fingerprint density at radius 2 is 1.75 bits per heavy atom. The highest BCUT2D eigenvalue weighted by Gasteiger charge is 2.25. The van der Waals surface area contributed by atoms with Crippen LogP contribution in [0.2, 0.25) is 0 Å². The maximum atomic E-state index is 12.3. The number of hydrogen-bond acceptors (Lipinski definition) is 3. The summed E-state index contributed by atoms with van der Waals surface area (Å²) in [6.45, 7) is 3.57. The van der Waals surface area contributed by atoms with Crippen molar-refractivity contribution in [3.63, 3.8) is 0 Å². The van der Waals surface area contributed by atoms with Crippen molar-refractivity contribution in [2.75, 3.05) is 0 Å². The molecule has 1 aromatic heterocycles. The minimum absolute atomic E-state index is 0.145. The number of amides is 1. The minimum Gasteiger partial charge on any atom is -0.346 e. The molecule has 1 N–H and O–H groups in total.